The molecule has 2 rings (SSSR count). The molecular weight excluding hydrogens is 295 g/mol. The fourth-order valence-electron chi connectivity index (χ4n) is 1.83. The summed E-state index contributed by atoms with van der Waals surface area (Å²) in [6.45, 7) is 1.68. The van der Waals surface area contributed by atoms with Gasteiger partial charge in [0.1, 0.15) is 5.82 Å². The minimum absolute atomic E-state index is 0.389. The van der Waals surface area contributed by atoms with Crippen molar-refractivity contribution in [3.8, 4) is 0 Å². The number of hydrogen-bond donors (Lipinski definition) is 2. The van der Waals surface area contributed by atoms with Crippen molar-refractivity contribution in [2.24, 2.45) is 0 Å². The normalized spacial score (nSPS) is 12.5. The molecule has 1 atom stereocenters. The smallest absolute Gasteiger partial charge is 0.331 e. The summed E-state index contributed by atoms with van der Waals surface area (Å²) in [6, 6.07) is 8.81. The maximum absolute atomic E-state index is 12.5. The lowest BCUT2D eigenvalue weighted by Gasteiger charge is -2.15. The quantitative estimate of drug-likeness (QED) is 0.901. The molecule has 0 unspecified atom stereocenters. The van der Waals surface area contributed by atoms with E-state index in [1.54, 1.807) is 25.1 Å². The van der Waals surface area contributed by atoms with E-state index in [0.29, 0.717) is 11.4 Å². The maximum Gasteiger partial charge on any atom is 0.416 e. The van der Waals surface area contributed by atoms with Gasteiger partial charge in [-0.3, -0.25) is 5.32 Å². The molecule has 0 saturated carbocycles. The zero-order valence-electron chi connectivity index (χ0n) is 11.7. The van der Waals surface area contributed by atoms with Crippen LogP contribution in [0.3, 0.4) is 0 Å². The summed E-state index contributed by atoms with van der Waals surface area (Å²) in [5.41, 5.74) is -0.148. The molecular formula is C15H14F3N3O. The van der Waals surface area contributed by atoms with E-state index in [4.69, 9.17) is 0 Å². The van der Waals surface area contributed by atoms with Gasteiger partial charge < -0.3 is 5.32 Å². The van der Waals surface area contributed by atoms with Crippen LogP contribution < -0.4 is 10.6 Å². The van der Waals surface area contributed by atoms with Gasteiger partial charge in [0.25, 0.3) is 0 Å². The molecule has 116 valence electrons. The van der Waals surface area contributed by atoms with E-state index < -0.39 is 23.8 Å². The Bertz CT molecular complexity index is 627. The Morgan fingerprint density at radius 2 is 1.82 bits per heavy atom. The van der Waals surface area contributed by atoms with Crippen LogP contribution in [0.1, 0.15) is 24.1 Å². The molecule has 0 radical (unpaired) electrons. The second-order valence-corrected chi connectivity index (χ2v) is 4.65. The number of nitrogens with one attached hydrogen (secondary N) is 2. The highest BCUT2D eigenvalue weighted by atomic mass is 19.4. The predicted molar refractivity (Wildman–Crippen MR) is 76.3 cm³/mol. The number of carbonyl (C=O) groups excluding carboxylic acids is 1. The highest BCUT2D eigenvalue weighted by Crippen LogP contribution is 2.29. The largest absolute Gasteiger partial charge is 0.416 e. The summed E-state index contributed by atoms with van der Waals surface area (Å²) >= 11 is 0. The van der Waals surface area contributed by atoms with Crippen molar-refractivity contribution in [1.29, 1.82) is 0 Å². The Kier molecular flexibility index (Phi) is 4.65. The molecule has 0 aliphatic carbocycles. The van der Waals surface area contributed by atoms with Crippen molar-refractivity contribution in [3.05, 3.63) is 59.8 Å². The number of halogens is 3. The van der Waals surface area contributed by atoms with Crippen LogP contribution in [0.5, 0.6) is 0 Å². The molecule has 22 heavy (non-hydrogen) atoms. The minimum Gasteiger partial charge on any atom is -0.331 e. The molecule has 0 aliphatic rings. The van der Waals surface area contributed by atoms with Crippen molar-refractivity contribution in [3.63, 3.8) is 0 Å². The van der Waals surface area contributed by atoms with E-state index in [-0.39, 0.29) is 0 Å². The number of benzene rings is 1. The molecule has 0 fully saturated rings. The maximum atomic E-state index is 12.5. The number of anilines is 1. The van der Waals surface area contributed by atoms with Gasteiger partial charge in [0.2, 0.25) is 0 Å². The lowest BCUT2D eigenvalue weighted by molar-refractivity contribution is -0.137. The summed E-state index contributed by atoms with van der Waals surface area (Å²) in [7, 11) is 0. The second-order valence-electron chi connectivity index (χ2n) is 4.65. The number of amides is 2. The van der Waals surface area contributed by atoms with Crippen LogP contribution in [-0.2, 0) is 6.18 Å². The Hall–Kier alpha value is -2.57. The van der Waals surface area contributed by atoms with E-state index in [9.17, 15) is 18.0 Å². The van der Waals surface area contributed by atoms with Crippen molar-refractivity contribution in [2.45, 2.75) is 19.1 Å². The van der Waals surface area contributed by atoms with E-state index in [1.165, 1.54) is 18.3 Å². The molecule has 0 aliphatic heterocycles. The van der Waals surface area contributed by atoms with Gasteiger partial charge >= 0.3 is 12.2 Å². The van der Waals surface area contributed by atoms with Gasteiger partial charge in [-0.2, -0.15) is 13.2 Å². The van der Waals surface area contributed by atoms with Gasteiger partial charge in [-0.15, -0.1) is 0 Å². The zero-order chi connectivity index (χ0) is 16.2. The van der Waals surface area contributed by atoms with Crippen molar-refractivity contribution in [1.82, 2.24) is 10.3 Å². The van der Waals surface area contributed by atoms with E-state index in [2.05, 4.69) is 15.6 Å². The van der Waals surface area contributed by atoms with Crippen LogP contribution in [0, 0.1) is 0 Å². The molecule has 2 aromatic rings. The van der Waals surface area contributed by atoms with Crippen LogP contribution in [0.25, 0.3) is 0 Å². The van der Waals surface area contributed by atoms with Crippen LogP contribution in [0.15, 0.2) is 48.7 Å². The van der Waals surface area contributed by atoms with Crippen LogP contribution in [0.2, 0.25) is 0 Å². The van der Waals surface area contributed by atoms with Gasteiger partial charge in [-0.05, 0) is 36.8 Å². The predicted octanol–water partition coefficient (Wildman–Crippen LogP) is 3.98. The molecule has 7 heteroatoms. The van der Waals surface area contributed by atoms with E-state index >= 15 is 0 Å². The summed E-state index contributed by atoms with van der Waals surface area (Å²) in [4.78, 5) is 15.7. The summed E-state index contributed by atoms with van der Waals surface area (Å²) < 4.78 is 37.5. The van der Waals surface area contributed by atoms with Gasteiger partial charge in [-0.1, -0.05) is 18.2 Å². The van der Waals surface area contributed by atoms with Crippen molar-refractivity contribution in [2.75, 3.05) is 5.32 Å². The fourth-order valence-corrected chi connectivity index (χ4v) is 1.83. The number of aromatic nitrogens is 1. The average molecular weight is 309 g/mol. The first kappa shape index (κ1) is 15.8. The lowest BCUT2D eigenvalue weighted by atomic mass is 10.1. The number of pyridine rings is 1. The molecule has 4 nitrogen and oxygen atoms in total. The first-order valence-electron chi connectivity index (χ1n) is 6.52. The second kappa shape index (κ2) is 6.46. The van der Waals surface area contributed by atoms with E-state index in [1.807, 2.05) is 0 Å². The summed E-state index contributed by atoms with van der Waals surface area (Å²) in [5.74, 6) is 0.389. The molecule has 1 aromatic carbocycles. The highest BCUT2D eigenvalue weighted by molar-refractivity contribution is 5.88. The summed E-state index contributed by atoms with van der Waals surface area (Å²) in [6.07, 6.45) is -2.83. The highest BCUT2D eigenvalue weighted by Gasteiger charge is 2.30. The number of rotatable bonds is 3. The average Bonchev–Trinajstić information content (AvgIpc) is 2.47. The standard InChI is InChI=1S/C15H14F3N3O/c1-10(11-5-7-12(8-6-11)15(16,17)18)20-14(22)21-13-4-2-3-9-19-13/h2-10H,1H3,(H2,19,20,21,22)/t10-/m0/s1. The Morgan fingerprint density at radius 3 is 2.36 bits per heavy atom. The van der Waals surface area contributed by atoms with Crippen molar-refractivity contribution < 1.29 is 18.0 Å². The lowest BCUT2D eigenvalue weighted by Crippen LogP contribution is -2.31. The van der Waals surface area contributed by atoms with Gasteiger partial charge in [0, 0.05) is 6.20 Å². The molecule has 0 bridgehead atoms. The third-order valence-electron chi connectivity index (χ3n) is 2.99. The number of alkyl halides is 3. The SMILES string of the molecule is C[C@H](NC(=O)Nc1ccccn1)c1ccc(C(F)(F)F)cc1. The van der Waals surface area contributed by atoms with E-state index in [0.717, 1.165) is 12.1 Å². The number of carbonyl (C=O) groups is 1. The third-order valence-corrected chi connectivity index (χ3v) is 2.99. The van der Waals surface area contributed by atoms with Gasteiger partial charge in [0.15, 0.2) is 0 Å². The zero-order valence-corrected chi connectivity index (χ0v) is 11.7. The Labute approximate surface area is 125 Å². The topological polar surface area (TPSA) is 54.0 Å². The number of urea groups is 1. The van der Waals surface area contributed by atoms with Crippen LogP contribution in [0.4, 0.5) is 23.8 Å². The first-order valence-corrected chi connectivity index (χ1v) is 6.52. The monoisotopic (exact) mass is 309 g/mol. The number of hydrogen-bond acceptors (Lipinski definition) is 2. The van der Waals surface area contributed by atoms with Gasteiger partial charge in [0.05, 0.1) is 11.6 Å². The Morgan fingerprint density at radius 1 is 1.14 bits per heavy atom. The molecule has 0 spiro atoms. The first-order chi connectivity index (χ1) is 10.4. The molecule has 1 aromatic heterocycles. The fraction of sp³-hybridized carbons (Fsp3) is 0.200. The molecule has 1 heterocycles. The number of nitrogens with zero attached hydrogens (tertiary/aromatic N) is 1. The minimum atomic E-state index is -4.37. The van der Waals surface area contributed by atoms with Gasteiger partial charge in [-0.25, -0.2) is 9.78 Å². The van der Waals surface area contributed by atoms with Crippen LogP contribution >= 0.6 is 0 Å². The molecule has 0 saturated heterocycles. The van der Waals surface area contributed by atoms with Crippen LogP contribution in [-0.4, -0.2) is 11.0 Å². The molecule has 2 amide bonds. The molecule has 2 N–H and O–H groups in total. The van der Waals surface area contributed by atoms with Crippen molar-refractivity contribution >= 4 is 11.8 Å². The third kappa shape index (κ3) is 4.21. The Balaban J connectivity index is 1.97. The summed E-state index contributed by atoms with van der Waals surface area (Å²) in [5, 5.41) is 5.17.